The molecule has 0 saturated carbocycles. The number of benzene rings is 2. The Hall–Kier alpha value is -3.09. The van der Waals surface area contributed by atoms with E-state index in [2.05, 4.69) is 5.32 Å². The molecule has 0 aliphatic carbocycles. The van der Waals surface area contributed by atoms with Crippen molar-refractivity contribution in [2.45, 2.75) is 6.92 Å². The van der Waals surface area contributed by atoms with Crippen LogP contribution in [-0.4, -0.2) is 24.8 Å². The number of carbonyl (C=O) groups is 3. The minimum atomic E-state index is -0.762. The Bertz CT molecular complexity index is 1090. The van der Waals surface area contributed by atoms with Crippen molar-refractivity contribution in [3.63, 3.8) is 0 Å². The number of amides is 1. The van der Waals surface area contributed by atoms with Crippen LogP contribution in [0.15, 0.2) is 52.9 Å². The van der Waals surface area contributed by atoms with Gasteiger partial charge in [-0.1, -0.05) is 23.2 Å². The molecule has 0 radical (unpaired) electrons. The number of hydrogen-bond acceptors (Lipinski definition) is 5. The molecule has 29 heavy (non-hydrogen) atoms. The van der Waals surface area contributed by atoms with E-state index in [0.29, 0.717) is 28.3 Å². The Morgan fingerprint density at radius 3 is 2.59 bits per heavy atom. The molecule has 1 amide bonds. The summed E-state index contributed by atoms with van der Waals surface area (Å²) >= 11 is 12.0. The molecule has 0 spiro atoms. The third-order valence-electron chi connectivity index (χ3n) is 4.01. The summed E-state index contributed by atoms with van der Waals surface area (Å²) in [6, 6.07) is 12.7. The van der Waals surface area contributed by atoms with Gasteiger partial charge in [0.25, 0.3) is 5.91 Å². The molecule has 3 rings (SSSR count). The lowest BCUT2D eigenvalue weighted by Gasteiger charge is -2.10. The monoisotopic (exact) mass is 431 g/mol. The molecular weight excluding hydrogens is 417 g/mol. The molecule has 0 atom stereocenters. The fourth-order valence-electron chi connectivity index (χ4n) is 2.57. The number of halogens is 2. The number of ether oxygens (including phenoxy) is 1. The van der Waals surface area contributed by atoms with Gasteiger partial charge < -0.3 is 14.5 Å². The molecule has 3 aromatic rings. The Morgan fingerprint density at radius 1 is 1.10 bits per heavy atom. The molecule has 0 aliphatic rings. The van der Waals surface area contributed by atoms with Gasteiger partial charge in [0.05, 0.1) is 10.6 Å². The molecule has 0 aliphatic heterocycles. The predicted octanol–water partition coefficient (Wildman–Crippen LogP) is 5.17. The molecule has 0 fully saturated rings. The maximum atomic E-state index is 12.4. The molecule has 1 N–H and O–H groups in total. The smallest absolute Gasteiger partial charge is 0.340 e. The highest BCUT2D eigenvalue weighted by Gasteiger charge is 2.16. The molecule has 8 heteroatoms. The van der Waals surface area contributed by atoms with Gasteiger partial charge >= 0.3 is 5.97 Å². The minimum Gasteiger partial charge on any atom is -0.453 e. The lowest BCUT2D eigenvalue weighted by molar-refractivity contribution is -0.119. The third kappa shape index (κ3) is 5.04. The normalized spacial score (nSPS) is 10.4. The van der Waals surface area contributed by atoms with Crippen LogP contribution in [-0.2, 0) is 9.53 Å². The van der Waals surface area contributed by atoms with Crippen molar-refractivity contribution in [1.82, 2.24) is 0 Å². The van der Waals surface area contributed by atoms with Gasteiger partial charge in [-0.15, -0.1) is 0 Å². The van der Waals surface area contributed by atoms with Crippen molar-refractivity contribution in [2.75, 3.05) is 11.9 Å². The molecular formula is C21H15Cl2NO5. The summed E-state index contributed by atoms with van der Waals surface area (Å²) in [4.78, 5) is 35.2. The summed E-state index contributed by atoms with van der Waals surface area (Å²) in [6.07, 6.45) is 0.579. The van der Waals surface area contributed by atoms with E-state index < -0.39 is 18.5 Å². The van der Waals surface area contributed by atoms with Gasteiger partial charge in [0.2, 0.25) is 0 Å². The summed E-state index contributed by atoms with van der Waals surface area (Å²) in [7, 11) is 0. The second kappa shape index (κ2) is 8.94. The molecule has 6 nitrogen and oxygen atoms in total. The summed E-state index contributed by atoms with van der Waals surface area (Å²) in [6.45, 7) is 1.31. The fraction of sp³-hybridized carbons (Fsp3) is 0.0952. The maximum Gasteiger partial charge on any atom is 0.340 e. The maximum absolute atomic E-state index is 12.4. The van der Waals surface area contributed by atoms with Crippen LogP contribution in [0.2, 0.25) is 10.0 Å². The van der Waals surface area contributed by atoms with E-state index in [4.69, 9.17) is 32.4 Å². The standard InChI is InChI=1S/C21H15Cl2NO5/c1-12-8-14(22)3-6-18(12)24-20(26)11-28-21(27)16-9-13(2-5-17(16)23)19-7-4-15(10-25)29-19/h2-10H,11H2,1H3,(H,24,26). The van der Waals surface area contributed by atoms with Crippen LogP contribution >= 0.6 is 23.2 Å². The Kier molecular flexibility index (Phi) is 6.36. The molecule has 2 aromatic carbocycles. The van der Waals surface area contributed by atoms with E-state index in [-0.39, 0.29) is 16.3 Å². The Labute approximate surface area is 176 Å². The number of anilines is 1. The van der Waals surface area contributed by atoms with Crippen molar-refractivity contribution in [3.05, 3.63) is 75.5 Å². The average molecular weight is 432 g/mol. The Balaban J connectivity index is 1.67. The first kappa shape index (κ1) is 20.6. The van der Waals surface area contributed by atoms with Crippen LogP contribution in [0.3, 0.4) is 0 Å². The van der Waals surface area contributed by atoms with Crippen molar-refractivity contribution < 1.29 is 23.5 Å². The first-order valence-corrected chi connectivity index (χ1v) is 9.21. The highest BCUT2D eigenvalue weighted by molar-refractivity contribution is 6.33. The third-order valence-corrected chi connectivity index (χ3v) is 4.58. The number of aldehydes is 1. The molecule has 0 bridgehead atoms. The molecule has 0 unspecified atom stereocenters. The number of aryl methyl sites for hydroxylation is 1. The van der Waals surface area contributed by atoms with Gasteiger partial charge in [0, 0.05) is 16.3 Å². The fourth-order valence-corrected chi connectivity index (χ4v) is 2.99. The molecule has 148 valence electrons. The van der Waals surface area contributed by atoms with E-state index in [1.807, 2.05) is 0 Å². The van der Waals surface area contributed by atoms with Crippen LogP contribution in [0.1, 0.15) is 26.5 Å². The average Bonchev–Trinajstić information content (AvgIpc) is 3.18. The number of hydrogen-bond donors (Lipinski definition) is 1. The van der Waals surface area contributed by atoms with Gasteiger partial charge in [-0.05, 0) is 61.0 Å². The number of esters is 1. The SMILES string of the molecule is Cc1cc(Cl)ccc1NC(=O)COC(=O)c1cc(-c2ccc(C=O)o2)ccc1Cl. The summed E-state index contributed by atoms with van der Waals surface area (Å²) in [5, 5.41) is 3.37. The zero-order valence-electron chi connectivity index (χ0n) is 15.2. The lowest BCUT2D eigenvalue weighted by Crippen LogP contribution is -2.21. The van der Waals surface area contributed by atoms with E-state index in [1.165, 1.54) is 18.2 Å². The van der Waals surface area contributed by atoms with Crippen LogP contribution in [0, 0.1) is 6.92 Å². The highest BCUT2D eigenvalue weighted by atomic mass is 35.5. The lowest BCUT2D eigenvalue weighted by atomic mass is 10.1. The zero-order chi connectivity index (χ0) is 21.0. The van der Waals surface area contributed by atoms with Crippen LogP contribution in [0.5, 0.6) is 0 Å². The first-order chi connectivity index (χ1) is 13.9. The van der Waals surface area contributed by atoms with E-state index >= 15 is 0 Å². The summed E-state index contributed by atoms with van der Waals surface area (Å²) < 4.78 is 10.4. The zero-order valence-corrected chi connectivity index (χ0v) is 16.7. The summed E-state index contributed by atoms with van der Waals surface area (Å²) in [5.41, 5.74) is 1.96. The predicted molar refractivity (Wildman–Crippen MR) is 110 cm³/mol. The first-order valence-electron chi connectivity index (χ1n) is 8.45. The topological polar surface area (TPSA) is 85.6 Å². The van der Waals surface area contributed by atoms with Gasteiger partial charge in [0.15, 0.2) is 18.7 Å². The molecule has 0 saturated heterocycles. The molecule has 1 heterocycles. The van der Waals surface area contributed by atoms with Crippen molar-refractivity contribution in [2.24, 2.45) is 0 Å². The van der Waals surface area contributed by atoms with Crippen LogP contribution in [0.25, 0.3) is 11.3 Å². The van der Waals surface area contributed by atoms with Gasteiger partial charge in [-0.2, -0.15) is 0 Å². The number of carbonyl (C=O) groups excluding carboxylic acids is 3. The number of nitrogens with one attached hydrogen (secondary N) is 1. The van der Waals surface area contributed by atoms with Crippen molar-refractivity contribution >= 4 is 47.1 Å². The van der Waals surface area contributed by atoms with Crippen molar-refractivity contribution in [1.29, 1.82) is 0 Å². The highest BCUT2D eigenvalue weighted by Crippen LogP contribution is 2.27. The van der Waals surface area contributed by atoms with Crippen molar-refractivity contribution in [3.8, 4) is 11.3 Å². The molecule has 1 aromatic heterocycles. The van der Waals surface area contributed by atoms with Crippen LogP contribution < -0.4 is 5.32 Å². The number of rotatable bonds is 6. The number of furan rings is 1. The van der Waals surface area contributed by atoms with Crippen LogP contribution in [0.4, 0.5) is 5.69 Å². The van der Waals surface area contributed by atoms with E-state index in [0.717, 1.165) is 5.56 Å². The van der Waals surface area contributed by atoms with Gasteiger partial charge in [-0.3, -0.25) is 9.59 Å². The van der Waals surface area contributed by atoms with Gasteiger partial charge in [-0.25, -0.2) is 4.79 Å². The second-order valence-electron chi connectivity index (χ2n) is 6.10. The van der Waals surface area contributed by atoms with Gasteiger partial charge in [0.1, 0.15) is 5.76 Å². The quantitative estimate of drug-likeness (QED) is 0.429. The second-order valence-corrected chi connectivity index (χ2v) is 6.94. The summed E-state index contributed by atoms with van der Waals surface area (Å²) in [5.74, 6) is -0.707. The van der Waals surface area contributed by atoms with E-state index in [1.54, 1.807) is 37.3 Å². The van der Waals surface area contributed by atoms with E-state index in [9.17, 15) is 14.4 Å². The minimum absolute atomic E-state index is 0.0729. The Morgan fingerprint density at radius 2 is 1.90 bits per heavy atom. The largest absolute Gasteiger partial charge is 0.453 e.